The van der Waals surface area contributed by atoms with Crippen molar-refractivity contribution in [2.24, 2.45) is 0 Å². The van der Waals surface area contributed by atoms with Gasteiger partial charge in [-0.05, 0) is 25.7 Å². The monoisotopic (exact) mass is 224 g/mol. The minimum absolute atomic E-state index is 0.300. The highest BCUT2D eigenvalue weighted by atomic mass is 16.2. The van der Waals surface area contributed by atoms with Crippen LogP contribution in [0, 0.1) is 0 Å². The lowest BCUT2D eigenvalue weighted by Crippen LogP contribution is -2.37. The van der Waals surface area contributed by atoms with Crippen molar-refractivity contribution in [3.63, 3.8) is 0 Å². The van der Waals surface area contributed by atoms with Gasteiger partial charge in [0.05, 0.1) is 0 Å². The largest absolute Gasteiger partial charge is 0.343 e. The number of rotatable bonds is 6. The van der Waals surface area contributed by atoms with Gasteiger partial charge in [-0.25, -0.2) is 0 Å². The van der Waals surface area contributed by atoms with Gasteiger partial charge < -0.3 is 10.2 Å². The molecule has 0 aliphatic carbocycles. The van der Waals surface area contributed by atoms with Gasteiger partial charge in [-0.15, -0.1) is 0 Å². The molecule has 0 aromatic carbocycles. The van der Waals surface area contributed by atoms with Crippen LogP contribution in [0.15, 0.2) is 12.2 Å². The van der Waals surface area contributed by atoms with E-state index in [0.717, 1.165) is 32.6 Å². The zero-order valence-corrected chi connectivity index (χ0v) is 10.4. The van der Waals surface area contributed by atoms with E-state index in [2.05, 4.69) is 18.8 Å². The molecule has 1 aliphatic rings. The number of nitrogens with zero attached hydrogens (tertiary/aromatic N) is 1. The van der Waals surface area contributed by atoms with Crippen molar-refractivity contribution in [1.29, 1.82) is 0 Å². The first-order valence-corrected chi connectivity index (χ1v) is 6.39. The minimum Gasteiger partial charge on any atom is -0.343 e. The van der Waals surface area contributed by atoms with Crippen molar-refractivity contribution in [2.45, 2.75) is 39.0 Å². The molecule has 0 bridgehead atoms. The van der Waals surface area contributed by atoms with Crippen molar-refractivity contribution >= 4 is 5.91 Å². The number of nitrogens with one attached hydrogen (secondary N) is 1. The Balaban J connectivity index is 2.07. The van der Waals surface area contributed by atoms with Crippen LogP contribution in [0.4, 0.5) is 0 Å². The Bertz CT molecular complexity index is 232. The van der Waals surface area contributed by atoms with Crippen molar-refractivity contribution in [1.82, 2.24) is 10.2 Å². The van der Waals surface area contributed by atoms with Crippen LogP contribution in [-0.4, -0.2) is 37.0 Å². The fraction of sp³-hybridized carbons (Fsp3) is 0.769. The Morgan fingerprint density at radius 2 is 2.00 bits per heavy atom. The number of carbonyl (C=O) groups is 1. The highest BCUT2D eigenvalue weighted by molar-refractivity contribution is 5.76. The molecular formula is C13H24N2O. The second-order valence-corrected chi connectivity index (χ2v) is 4.47. The molecule has 3 heteroatoms. The van der Waals surface area contributed by atoms with Gasteiger partial charge in [0, 0.05) is 32.6 Å². The number of piperidine rings is 1. The van der Waals surface area contributed by atoms with E-state index < -0.39 is 0 Å². The van der Waals surface area contributed by atoms with Crippen LogP contribution in [0.25, 0.3) is 0 Å². The van der Waals surface area contributed by atoms with E-state index in [1.807, 2.05) is 4.90 Å². The van der Waals surface area contributed by atoms with E-state index in [1.165, 1.54) is 24.8 Å². The molecule has 0 unspecified atom stereocenters. The number of amides is 1. The maximum Gasteiger partial charge on any atom is 0.223 e. The fourth-order valence-electron chi connectivity index (χ4n) is 1.89. The lowest BCUT2D eigenvalue weighted by Gasteiger charge is -2.26. The first kappa shape index (κ1) is 13.2. The summed E-state index contributed by atoms with van der Waals surface area (Å²) in [5.74, 6) is 0.300. The van der Waals surface area contributed by atoms with Crippen LogP contribution in [0.1, 0.15) is 39.0 Å². The van der Waals surface area contributed by atoms with Crippen LogP contribution >= 0.6 is 0 Å². The molecule has 1 fully saturated rings. The molecule has 3 nitrogen and oxygen atoms in total. The smallest absolute Gasteiger partial charge is 0.223 e. The lowest BCUT2D eigenvalue weighted by molar-refractivity contribution is -0.131. The highest BCUT2D eigenvalue weighted by Crippen LogP contribution is 2.09. The Labute approximate surface area is 98.9 Å². The van der Waals surface area contributed by atoms with Gasteiger partial charge in [0.15, 0.2) is 0 Å². The van der Waals surface area contributed by atoms with E-state index in [-0.39, 0.29) is 0 Å². The maximum absolute atomic E-state index is 11.8. The zero-order chi connectivity index (χ0) is 11.8. The average Bonchev–Trinajstić information content (AvgIpc) is 2.35. The third-order valence-corrected chi connectivity index (χ3v) is 3.10. The van der Waals surface area contributed by atoms with Crippen LogP contribution in [0.2, 0.25) is 0 Å². The van der Waals surface area contributed by atoms with Crippen LogP contribution in [0.5, 0.6) is 0 Å². The van der Waals surface area contributed by atoms with Gasteiger partial charge in [-0.1, -0.05) is 19.1 Å². The van der Waals surface area contributed by atoms with E-state index in [0.29, 0.717) is 12.3 Å². The van der Waals surface area contributed by atoms with E-state index in [4.69, 9.17) is 0 Å². The van der Waals surface area contributed by atoms with Gasteiger partial charge in [-0.2, -0.15) is 0 Å². The molecule has 92 valence electrons. The standard InChI is InChI=1S/C13H24N2O/c1-3-12(2)11-14-8-7-13(16)15-9-5-4-6-10-15/h14H,2-11H2,1H3. The van der Waals surface area contributed by atoms with Crippen molar-refractivity contribution in [3.8, 4) is 0 Å². The third-order valence-electron chi connectivity index (χ3n) is 3.10. The summed E-state index contributed by atoms with van der Waals surface area (Å²) in [5.41, 5.74) is 1.20. The number of likely N-dealkylation sites (tertiary alicyclic amines) is 1. The molecule has 16 heavy (non-hydrogen) atoms. The normalized spacial score (nSPS) is 16.2. The second-order valence-electron chi connectivity index (χ2n) is 4.47. The summed E-state index contributed by atoms with van der Waals surface area (Å²) in [4.78, 5) is 13.8. The fourth-order valence-corrected chi connectivity index (χ4v) is 1.89. The average molecular weight is 224 g/mol. The molecule has 1 heterocycles. The van der Waals surface area contributed by atoms with Crippen LogP contribution < -0.4 is 5.32 Å². The van der Waals surface area contributed by atoms with Gasteiger partial charge in [0.25, 0.3) is 0 Å². The number of carbonyl (C=O) groups excluding carboxylic acids is 1. The molecule has 1 N–H and O–H groups in total. The van der Waals surface area contributed by atoms with Crippen LogP contribution in [0.3, 0.4) is 0 Å². The number of hydrogen-bond donors (Lipinski definition) is 1. The molecule has 1 aliphatic heterocycles. The summed E-state index contributed by atoms with van der Waals surface area (Å²) < 4.78 is 0. The Kier molecular flexibility index (Phi) is 6.16. The molecule has 0 radical (unpaired) electrons. The van der Waals surface area contributed by atoms with Gasteiger partial charge >= 0.3 is 0 Å². The highest BCUT2D eigenvalue weighted by Gasteiger charge is 2.15. The zero-order valence-electron chi connectivity index (χ0n) is 10.4. The summed E-state index contributed by atoms with van der Waals surface area (Å²) in [6.07, 6.45) is 5.25. The Hall–Kier alpha value is -0.830. The van der Waals surface area contributed by atoms with Crippen molar-refractivity contribution < 1.29 is 4.79 Å². The topological polar surface area (TPSA) is 32.3 Å². The molecule has 0 saturated carbocycles. The maximum atomic E-state index is 11.8. The van der Waals surface area contributed by atoms with Crippen LogP contribution in [-0.2, 0) is 4.79 Å². The molecule has 1 saturated heterocycles. The first-order valence-electron chi connectivity index (χ1n) is 6.39. The van der Waals surface area contributed by atoms with Gasteiger partial charge in [0.2, 0.25) is 5.91 Å². The van der Waals surface area contributed by atoms with E-state index >= 15 is 0 Å². The molecule has 0 spiro atoms. The number of hydrogen-bond acceptors (Lipinski definition) is 2. The van der Waals surface area contributed by atoms with Gasteiger partial charge in [0.1, 0.15) is 0 Å². The quantitative estimate of drug-likeness (QED) is 0.552. The summed E-state index contributed by atoms with van der Waals surface area (Å²) in [7, 11) is 0. The third kappa shape index (κ3) is 4.79. The van der Waals surface area contributed by atoms with Gasteiger partial charge in [-0.3, -0.25) is 4.79 Å². The summed E-state index contributed by atoms with van der Waals surface area (Å²) >= 11 is 0. The SMILES string of the molecule is C=C(CC)CNCCC(=O)N1CCCCC1. The predicted octanol–water partition coefficient (Wildman–Crippen LogP) is 1.94. The summed E-state index contributed by atoms with van der Waals surface area (Å²) in [6, 6.07) is 0. The van der Waals surface area contributed by atoms with Crippen molar-refractivity contribution in [3.05, 3.63) is 12.2 Å². The minimum atomic E-state index is 0.300. The molecule has 0 atom stereocenters. The summed E-state index contributed by atoms with van der Waals surface area (Å²) in [5, 5.41) is 3.26. The van der Waals surface area contributed by atoms with Crippen molar-refractivity contribution in [2.75, 3.05) is 26.2 Å². The van der Waals surface area contributed by atoms with E-state index in [1.54, 1.807) is 0 Å². The Morgan fingerprint density at radius 3 is 2.62 bits per heavy atom. The predicted molar refractivity (Wildman–Crippen MR) is 67.3 cm³/mol. The lowest BCUT2D eigenvalue weighted by atomic mass is 10.1. The van der Waals surface area contributed by atoms with E-state index in [9.17, 15) is 4.79 Å². The molecule has 1 amide bonds. The Morgan fingerprint density at radius 1 is 1.31 bits per heavy atom. The molecule has 0 aromatic heterocycles. The molecule has 1 rings (SSSR count). The molecular weight excluding hydrogens is 200 g/mol. The first-order chi connectivity index (χ1) is 7.74. The second kappa shape index (κ2) is 7.44. The summed E-state index contributed by atoms with van der Waals surface area (Å²) in [6.45, 7) is 9.55. The molecule has 0 aromatic rings.